The molecule has 0 bridgehead atoms. The van der Waals surface area contributed by atoms with Crippen molar-refractivity contribution < 1.29 is 0 Å². The Morgan fingerprint density at radius 3 is 2.62 bits per heavy atom. The highest BCUT2D eigenvalue weighted by atomic mass is 14.3. The highest BCUT2D eigenvalue weighted by molar-refractivity contribution is 5.43. The summed E-state index contributed by atoms with van der Waals surface area (Å²) in [6.45, 7) is 6.39. The largest absolute Gasteiger partial charge is 0.193 e. The zero-order chi connectivity index (χ0) is 9.84. The Hall–Kier alpha value is -1.03. The minimum atomic E-state index is 0.871. The maximum Gasteiger partial charge on any atom is 0.0949 e. The Morgan fingerprint density at radius 1 is 1.38 bits per heavy atom. The molecule has 0 saturated heterocycles. The third kappa shape index (κ3) is 2.01. The van der Waals surface area contributed by atoms with E-state index in [1.165, 1.54) is 29.6 Å². The molecule has 0 fully saturated rings. The van der Waals surface area contributed by atoms with Crippen LogP contribution in [0.3, 0.4) is 0 Å². The Morgan fingerprint density at radius 2 is 2.08 bits per heavy atom. The third-order valence-electron chi connectivity index (χ3n) is 2.92. The zero-order valence-electron chi connectivity index (χ0n) is 8.78. The van der Waals surface area contributed by atoms with Crippen LogP contribution in [0.2, 0.25) is 0 Å². The van der Waals surface area contributed by atoms with Crippen LogP contribution in [0, 0.1) is 11.3 Å². The van der Waals surface area contributed by atoms with Crippen molar-refractivity contribution in [3.05, 3.63) is 22.3 Å². The summed E-state index contributed by atoms with van der Waals surface area (Å²) in [5, 5.41) is 8.95. The van der Waals surface area contributed by atoms with Gasteiger partial charge in [0, 0.05) is 5.57 Å². The Bertz CT molecular complexity index is 300. The van der Waals surface area contributed by atoms with Crippen molar-refractivity contribution in [2.45, 2.75) is 46.5 Å². The summed E-state index contributed by atoms with van der Waals surface area (Å²) in [6.07, 6.45) is 4.39. The van der Waals surface area contributed by atoms with Crippen molar-refractivity contribution in [2.24, 2.45) is 0 Å². The van der Waals surface area contributed by atoms with Gasteiger partial charge in [-0.25, -0.2) is 0 Å². The summed E-state index contributed by atoms with van der Waals surface area (Å²) < 4.78 is 0. The fraction of sp³-hybridized carbons (Fsp3) is 0.583. The van der Waals surface area contributed by atoms with E-state index in [0.717, 1.165) is 18.4 Å². The van der Waals surface area contributed by atoms with E-state index in [1.807, 2.05) is 0 Å². The number of nitrogens with zero attached hydrogens (tertiary/aromatic N) is 1. The highest BCUT2D eigenvalue weighted by Gasteiger charge is 2.13. The van der Waals surface area contributed by atoms with Crippen molar-refractivity contribution in [3.8, 4) is 6.07 Å². The van der Waals surface area contributed by atoms with Gasteiger partial charge in [-0.2, -0.15) is 5.26 Å². The van der Waals surface area contributed by atoms with Crippen molar-refractivity contribution in [1.29, 1.82) is 5.26 Å². The second-order valence-corrected chi connectivity index (χ2v) is 3.68. The minimum Gasteiger partial charge on any atom is -0.193 e. The molecule has 1 rings (SSSR count). The van der Waals surface area contributed by atoms with Gasteiger partial charge in [0.25, 0.3) is 0 Å². The Kier molecular flexibility index (Phi) is 3.31. The van der Waals surface area contributed by atoms with Crippen LogP contribution in [0.4, 0.5) is 0 Å². The first-order chi connectivity index (χ1) is 6.20. The number of hydrogen-bond acceptors (Lipinski definition) is 1. The lowest BCUT2D eigenvalue weighted by molar-refractivity contribution is 0.754. The van der Waals surface area contributed by atoms with Crippen LogP contribution in [0.1, 0.15) is 46.5 Å². The molecule has 1 aliphatic carbocycles. The molecule has 0 spiro atoms. The maximum absolute atomic E-state index is 8.95. The van der Waals surface area contributed by atoms with Crippen LogP contribution in [0.25, 0.3) is 0 Å². The molecule has 0 aromatic carbocycles. The first-order valence-corrected chi connectivity index (χ1v) is 4.99. The molecule has 70 valence electrons. The molecule has 1 heteroatoms. The molecule has 13 heavy (non-hydrogen) atoms. The van der Waals surface area contributed by atoms with Gasteiger partial charge in [-0.15, -0.1) is 0 Å². The summed E-state index contributed by atoms with van der Waals surface area (Å²) in [4.78, 5) is 0. The molecule has 1 nitrogen and oxygen atoms in total. The fourth-order valence-electron chi connectivity index (χ4n) is 1.90. The van der Waals surface area contributed by atoms with E-state index >= 15 is 0 Å². The van der Waals surface area contributed by atoms with E-state index in [9.17, 15) is 0 Å². The Labute approximate surface area is 80.8 Å². The van der Waals surface area contributed by atoms with Gasteiger partial charge in [-0.1, -0.05) is 12.5 Å². The first kappa shape index (κ1) is 10.1. The van der Waals surface area contributed by atoms with E-state index in [4.69, 9.17) is 5.26 Å². The molecule has 0 amide bonds. The van der Waals surface area contributed by atoms with Crippen molar-refractivity contribution >= 4 is 0 Å². The molecule has 0 aliphatic heterocycles. The zero-order valence-corrected chi connectivity index (χ0v) is 8.78. The Balaban J connectivity index is 3.12. The van der Waals surface area contributed by atoms with Crippen molar-refractivity contribution in [1.82, 2.24) is 0 Å². The number of nitriles is 1. The average molecular weight is 175 g/mol. The SMILES string of the molecule is CC/C(C#N)=C1\CCCC(C)=C1C. The molecule has 0 saturated carbocycles. The van der Waals surface area contributed by atoms with Gasteiger partial charge < -0.3 is 0 Å². The molecule has 0 aromatic heterocycles. The van der Waals surface area contributed by atoms with E-state index in [-0.39, 0.29) is 0 Å². The van der Waals surface area contributed by atoms with Crippen LogP contribution in [-0.4, -0.2) is 0 Å². The van der Waals surface area contributed by atoms with Crippen molar-refractivity contribution in [3.63, 3.8) is 0 Å². The topological polar surface area (TPSA) is 23.8 Å². The maximum atomic E-state index is 8.95. The van der Waals surface area contributed by atoms with Gasteiger partial charge in [0.2, 0.25) is 0 Å². The standard InChI is InChI=1S/C12H17N/c1-4-11(8-13)12-7-5-6-9(2)10(12)3/h4-7H2,1-3H3/b12-11-. The highest BCUT2D eigenvalue weighted by Crippen LogP contribution is 2.31. The molecule has 0 unspecified atom stereocenters. The van der Waals surface area contributed by atoms with Crippen LogP contribution in [0.15, 0.2) is 22.3 Å². The van der Waals surface area contributed by atoms with Gasteiger partial charge in [-0.3, -0.25) is 0 Å². The molecule has 0 aromatic rings. The van der Waals surface area contributed by atoms with Crippen molar-refractivity contribution in [2.75, 3.05) is 0 Å². The first-order valence-electron chi connectivity index (χ1n) is 4.99. The molecule has 0 radical (unpaired) electrons. The van der Waals surface area contributed by atoms with Gasteiger partial charge in [0.05, 0.1) is 6.07 Å². The van der Waals surface area contributed by atoms with Gasteiger partial charge in [-0.05, 0) is 50.7 Å². The normalized spacial score (nSPS) is 21.4. The van der Waals surface area contributed by atoms with Gasteiger partial charge in [0.15, 0.2) is 0 Å². The second-order valence-electron chi connectivity index (χ2n) is 3.68. The third-order valence-corrected chi connectivity index (χ3v) is 2.92. The molecule has 0 N–H and O–H groups in total. The number of hydrogen-bond donors (Lipinski definition) is 0. The monoisotopic (exact) mass is 175 g/mol. The predicted octanol–water partition coefficient (Wildman–Crippen LogP) is 3.74. The molecule has 0 atom stereocenters. The summed E-state index contributed by atoms with van der Waals surface area (Å²) in [5.41, 5.74) is 5.12. The summed E-state index contributed by atoms with van der Waals surface area (Å²) in [5.74, 6) is 0. The lowest BCUT2D eigenvalue weighted by Gasteiger charge is -2.19. The smallest absolute Gasteiger partial charge is 0.0949 e. The van der Waals surface area contributed by atoms with Crippen LogP contribution in [0.5, 0.6) is 0 Å². The lowest BCUT2D eigenvalue weighted by atomic mass is 9.86. The van der Waals surface area contributed by atoms with E-state index < -0.39 is 0 Å². The molecule has 1 aliphatic rings. The van der Waals surface area contributed by atoms with E-state index in [0.29, 0.717) is 0 Å². The average Bonchev–Trinajstić information content (AvgIpc) is 2.14. The van der Waals surface area contributed by atoms with Crippen LogP contribution >= 0.6 is 0 Å². The van der Waals surface area contributed by atoms with Gasteiger partial charge in [0.1, 0.15) is 0 Å². The quantitative estimate of drug-likeness (QED) is 0.557. The van der Waals surface area contributed by atoms with E-state index in [2.05, 4.69) is 26.8 Å². The van der Waals surface area contributed by atoms with Crippen LogP contribution < -0.4 is 0 Å². The second kappa shape index (κ2) is 4.28. The number of allylic oxidation sites excluding steroid dienone is 4. The molecular formula is C12H17N. The fourth-order valence-corrected chi connectivity index (χ4v) is 1.90. The molecule has 0 heterocycles. The summed E-state index contributed by atoms with van der Waals surface area (Å²) >= 11 is 0. The number of rotatable bonds is 1. The summed E-state index contributed by atoms with van der Waals surface area (Å²) in [6, 6.07) is 2.32. The van der Waals surface area contributed by atoms with Crippen LogP contribution in [-0.2, 0) is 0 Å². The molecular weight excluding hydrogens is 158 g/mol. The summed E-state index contributed by atoms with van der Waals surface area (Å²) in [7, 11) is 0. The van der Waals surface area contributed by atoms with E-state index in [1.54, 1.807) is 0 Å². The van der Waals surface area contributed by atoms with Gasteiger partial charge >= 0.3 is 0 Å². The lowest BCUT2D eigenvalue weighted by Crippen LogP contribution is -2.01. The predicted molar refractivity (Wildman–Crippen MR) is 55.2 cm³/mol. The minimum absolute atomic E-state index is 0.871.